The number of hydrogen-bond acceptors (Lipinski definition) is 0. The molecule has 72 valence electrons. The number of rotatable bonds is 5. The maximum absolute atomic E-state index is 3.86. The van der Waals surface area contributed by atoms with Gasteiger partial charge < -0.3 is 0 Å². The summed E-state index contributed by atoms with van der Waals surface area (Å²) < 4.78 is 0. The normalized spacial score (nSPS) is 16.0. The first-order chi connectivity index (χ1) is 6.29. The number of allylic oxidation sites excluding steroid dienone is 5. The summed E-state index contributed by atoms with van der Waals surface area (Å²) in [7, 11) is 0. The van der Waals surface area contributed by atoms with E-state index in [1.807, 2.05) is 0 Å². The van der Waals surface area contributed by atoms with Crippen molar-refractivity contribution in [2.24, 2.45) is 5.41 Å². The molecule has 0 amide bonds. The highest BCUT2D eigenvalue weighted by molar-refractivity contribution is 5.33. The molecule has 0 aromatic carbocycles. The Morgan fingerprint density at radius 1 is 1.46 bits per heavy atom. The fourth-order valence-corrected chi connectivity index (χ4v) is 2.19. The first kappa shape index (κ1) is 10.3. The van der Waals surface area contributed by atoms with E-state index in [4.69, 9.17) is 0 Å². The quantitative estimate of drug-likeness (QED) is 0.549. The molecular formula is C13H20. The zero-order chi connectivity index (χ0) is 9.73. The lowest BCUT2D eigenvalue weighted by atomic mass is 9.73. The van der Waals surface area contributed by atoms with Crippen LogP contribution in [0.5, 0.6) is 0 Å². The molecule has 0 nitrogen and oxygen atoms in total. The van der Waals surface area contributed by atoms with E-state index in [1.54, 1.807) is 0 Å². The molecule has 0 saturated heterocycles. The van der Waals surface area contributed by atoms with Crippen LogP contribution in [0, 0.1) is 5.41 Å². The molecule has 0 aromatic rings. The van der Waals surface area contributed by atoms with Gasteiger partial charge in [0.15, 0.2) is 0 Å². The second kappa shape index (κ2) is 4.45. The van der Waals surface area contributed by atoms with Gasteiger partial charge >= 0.3 is 0 Å². The standard InChI is InChI=1S/C13H20/c1-4-11-13(5-2,6-3)12-9-7-8-10-12/h4,7,9-10H,1,5-6,8,11H2,2-3H3. The summed E-state index contributed by atoms with van der Waals surface area (Å²) in [5.74, 6) is 0. The molecule has 0 aliphatic heterocycles. The van der Waals surface area contributed by atoms with Crippen LogP contribution in [0.25, 0.3) is 0 Å². The van der Waals surface area contributed by atoms with Gasteiger partial charge in [-0.2, -0.15) is 0 Å². The third-order valence-electron chi connectivity index (χ3n) is 3.27. The molecule has 0 fully saturated rings. The summed E-state index contributed by atoms with van der Waals surface area (Å²) in [6, 6.07) is 0. The Hall–Kier alpha value is -0.780. The third-order valence-corrected chi connectivity index (χ3v) is 3.27. The highest BCUT2D eigenvalue weighted by Crippen LogP contribution is 2.41. The van der Waals surface area contributed by atoms with Crippen molar-refractivity contribution in [3.63, 3.8) is 0 Å². The first-order valence-corrected chi connectivity index (χ1v) is 5.27. The average Bonchev–Trinajstić information content (AvgIpc) is 2.68. The van der Waals surface area contributed by atoms with E-state index in [2.05, 4.69) is 44.7 Å². The molecule has 0 heterocycles. The molecule has 0 aromatic heterocycles. The number of hydrogen-bond donors (Lipinski definition) is 0. The van der Waals surface area contributed by atoms with Gasteiger partial charge in [-0.05, 0) is 36.7 Å². The SMILES string of the molecule is C=CCC(CC)(CC)C1=CCC=C1. The summed E-state index contributed by atoms with van der Waals surface area (Å²) in [4.78, 5) is 0. The summed E-state index contributed by atoms with van der Waals surface area (Å²) in [6.45, 7) is 8.42. The van der Waals surface area contributed by atoms with Crippen LogP contribution in [-0.2, 0) is 0 Å². The van der Waals surface area contributed by atoms with Crippen molar-refractivity contribution in [3.8, 4) is 0 Å². The third kappa shape index (κ3) is 1.93. The Morgan fingerprint density at radius 3 is 2.54 bits per heavy atom. The predicted molar refractivity (Wildman–Crippen MR) is 59.7 cm³/mol. The molecule has 1 aliphatic rings. The maximum atomic E-state index is 3.86. The van der Waals surface area contributed by atoms with Gasteiger partial charge in [0, 0.05) is 0 Å². The van der Waals surface area contributed by atoms with Crippen LogP contribution in [-0.4, -0.2) is 0 Å². The fraction of sp³-hybridized carbons (Fsp3) is 0.538. The zero-order valence-corrected chi connectivity index (χ0v) is 8.84. The summed E-state index contributed by atoms with van der Waals surface area (Å²) in [5.41, 5.74) is 1.90. The van der Waals surface area contributed by atoms with Gasteiger partial charge in [-0.25, -0.2) is 0 Å². The van der Waals surface area contributed by atoms with Crippen molar-refractivity contribution >= 4 is 0 Å². The Morgan fingerprint density at radius 2 is 2.15 bits per heavy atom. The highest BCUT2D eigenvalue weighted by atomic mass is 14.3. The van der Waals surface area contributed by atoms with Crippen molar-refractivity contribution in [1.82, 2.24) is 0 Å². The van der Waals surface area contributed by atoms with E-state index in [0.29, 0.717) is 5.41 Å². The van der Waals surface area contributed by atoms with E-state index in [9.17, 15) is 0 Å². The van der Waals surface area contributed by atoms with Crippen LogP contribution in [0.4, 0.5) is 0 Å². The van der Waals surface area contributed by atoms with Gasteiger partial charge in [-0.1, -0.05) is 38.2 Å². The Bertz CT molecular complexity index is 226. The van der Waals surface area contributed by atoms with Gasteiger partial charge in [0.2, 0.25) is 0 Å². The predicted octanol–water partition coefficient (Wildman–Crippen LogP) is 4.26. The molecule has 0 bridgehead atoms. The van der Waals surface area contributed by atoms with Crippen LogP contribution in [0.2, 0.25) is 0 Å². The molecule has 13 heavy (non-hydrogen) atoms. The van der Waals surface area contributed by atoms with Gasteiger partial charge in [-0.15, -0.1) is 6.58 Å². The minimum Gasteiger partial charge on any atom is -0.103 e. The summed E-state index contributed by atoms with van der Waals surface area (Å²) in [5, 5.41) is 0. The second-order valence-electron chi connectivity index (χ2n) is 3.78. The minimum absolute atomic E-state index is 0.370. The fourth-order valence-electron chi connectivity index (χ4n) is 2.19. The molecule has 0 radical (unpaired) electrons. The van der Waals surface area contributed by atoms with Gasteiger partial charge in [0.25, 0.3) is 0 Å². The first-order valence-electron chi connectivity index (χ1n) is 5.27. The van der Waals surface area contributed by atoms with Crippen molar-refractivity contribution in [1.29, 1.82) is 0 Å². The molecule has 0 atom stereocenters. The second-order valence-corrected chi connectivity index (χ2v) is 3.78. The molecular weight excluding hydrogens is 156 g/mol. The summed E-state index contributed by atoms with van der Waals surface area (Å²) in [6.07, 6.45) is 13.6. The van der Waals surface area contributed by atoms with E-state index >= 15 is 0 Å². The molecule has 0 spiro atoms. The smallest absolute Gasteiger partial charge is 0.00210 e. The lowest BCUT2D eigenvalue weighted by Crippen LogP contribution is -2.19. The lowest BCUT2D eigenvalue weighted by Gasteiger charge is -2.31. The average molecular weight is 176 g/mol. The molecule has 1 aliphatic carbocycles. The van der Waals surface area contributed by atoms with Crippen molar-refractivity contribution in [2.75, 3.05) is 0 Å². The monoisotopic (exact) mass is 176 g/mol. The van der Waals surface area contributed by atoms with Crippen LogP contribution in [0.15, 0.2) is 36.5 Å². The maximum Gasteiger partial charge on any atom is -0.00210 e. The Labute approximate surface area is 82.0 Å². The van der Waals surface area contributed by atoms with E-state index < -0.39 is 0 Å². The van der Waals surface area contributed by atoms with Crippen molar-refractivity contribution in [3.05, 3.63) is 36.5 Å². The highest BCUT2D eigenvalue weighted by Gasteiger charge is 2.28. The molecule has 0 unspecified atom stereocenters. The van der Waals surface area contributed by atoms with Crippen molar-refractivity contribution in [2.45, 2.75) is 39.5 Å². The topological polar surface area (TPSA) is 0 Å². The lowest BCUT2D eigenvalue weighted by molar-refractivity contribution is 0.340. The zero-order valence-electron chi connectivity index (χ0n) is 8.84. The Balaban J connectivity index is 2.86. The molecule has 0 N–H and O–H groups in total. The van der Waals surface area contributed by atoms with Crippen LogP contribution in [0.3, 0.4) is 0 Å². The minimum atomic E-state index is 0.370. The van der Waals surface area contributed by atoms with Gasteiger partial charge in [0.05, 0.1) is 0 Å². The van der Waals surface area contributed by atoms with Crippen LogP contribution in [0.1, 0.15) is 39.5 Å². The summed E-state index contributed by atoms with van der Waals surface area (Å²) >= 11 is 0. The van der Waals surface area contributed by atoms with E-state index in [-0.39, 0.29) is 0 Å². The molecule has 0 heteroatoms. The van der Waals surface area contributed by atoms with Gasteiger partial charge in [0.1, 0.15) is 0 Å². The van der Waals surface area contributed by atoms with Crippen molar-refractivity contribution < 1.29 is 0 Å². The molecule has 1 rings (SSSR count). The van der Waals surface area contributed by atoms with E-state index in [1.165, 1.54) is 18.4 Å². The van der Waals surface area contributed by atoms with Crippen LogP contribution >= 0.6 is 0 Å². The molecule has 0 saturated carbocycles. The largest absolute Gasteiger partial charge is 0.103 e. The van der Waals surface area contributed by atoms with Crippen LogP contribution < -0.4 is 0 Å². The van der Waals surface area contributed by atoms with Gasteiger partial charge in [-0.3, -0.25) is 0 Å². The van der Waals surface area contributed by atoms with E-state index in [0.717, 1.165) is 12.8 Å². The Kier molecular flexibility index (Phi) is 3.53.